The van der Waals surface area contributed by atoms with Gasteiger partial charge in [0.2, 0.25) is 5.91 Å². The molecule has 0 saturated carbocycles. The zero-order valence-corrected chi connectivity index (χ0v) is 11.9. The monoisotopic (exact) mass is 307 g/mol. The Morgan fingerprint density at radius 2 is 2.14 bits per heavy atom. The quantitative estimate of drug-likeness (QED) is 0.551. The Labute approximate surface area is 123 Å². The molecule has 0 bridgehead atoms. The maximum Gasteiger partial charge on any atom is 0.322 e. The number of aliphatic carboxylic acids is 1. The number of benzene rings is 1. The fourth-order valence-electron chi connectivity index (χ4n) is 1.65. The first-order valence-corrected chi connectivity index (χ1v) is 7.00. The maximum absolute atomic E-state index is 11.9. The number of hydrogen-bond donors (Lipinski definition) is 3. The second-order valence-corrected chi connectivity index (χ2v) is 5.59. The topological polar surface area (TPSA) is 112 Å². The van der Waals surface area contributed by atoms with Crippen LogP contribution in [0.15, 0.2) is 34.2 Å². The summed E-state index contributed by atoms with van der Waals surface area (Å²) in [4.78, 5) is 40.8. The number of rotatable bonds is 5. The standard InChI is InChI=1S/C13H13N3O4S/c1-7(11(19)14-6-10(17)18)21-13-15-9-5-3-2-4-8(9)12(20)16-13/h2-5,7H,6H2,1H3,(H,14,19)(H,17,18)(H,15,16,20). The van der Waals surface area contributed by atoms with Gasteiger partial charge in [0.25, 0.3) is 5.56 Å². The summed E-state index contributed by atoms with van der Waals surface area (Å²) in [6.07, 6.45) is 0. The van der Waals surface area contributed by atoms with E-state index in [4.69, 9.17) is 5.11 Å². The Balaban J connectivity index is 2.14. The average Bonchev–Trinajstić information content (AvgIpc) is 2.44. The summed E-state index contributed by atoms with van der Waals surface area (Å²) in [6, 6.07) is 6.89. The molecular weight excluding hydrogens is 294 g/mol. The van der Waals surface area contributed by atoms with E-state index in [2.05, 4.69) is 15.3 Å². The number of amides is 1. The number of H-pyrrole nitrogens is 1. The minimum absolute atomic E-state index is 0.277. The molecule has 1 aromatic heterocycles. The number of aromatic nitrogens is 2. The first-order valence-electron chi connectivity index (χ1n) is 6.12. The largest absolute Gasteiger partial charge is 0.480 e. The highest BCUT2D eigenvalue weighted by Crippen LogP contribution is 2.19. The third-order valence-corrected chi connectivity index (χ3v) is 3.65. The average molecular weight is 307 g/mol. The van der Waals surface area contributed by atoms with Gasteiger partial charge in [-0.1, -0.05) is 23.9 Å². The van der Waals surface area contributed by atoms with Gasteiger partial charge in [-0.25, -0.2) is 4.98 Å². The summed E-state index contributed by atoms with van der Waals surface area (Å²) < 4.78 is 0. The lowest BCUT2D eigenvalue weighted by molar-refractivity contribution is -0.137. The Morgan fingerprint density at radius 3 is 2.86 bits per heavy atom. The molecule has 8 heteroatoms. The van der Waals surface area contributed by atoms with Gasteiger partial charge in [0, 0.05) is 0 Å². The van der Waals surface area contributed by atoms with Crippen LogP contribution < -0.4 is 10.9 Å². The lowest BCUT2D eigenvalue weighted by Gasteiger charge is -2.10. The van der Waals surface area contributed by atoms with E-state index in [0.717, 1.165) is 11.8 Å². The van der Waals surface area contributed by atoms with Crippen molar-refractivity contribution in [2.45, 2.75) is 17.3 Å². The molecule has 0 fully saturated rings. The van der Waals surface area contributed by atoms with Crippen LogP contribution in [0.1, 0.15) is 6.92 Å². The van der Waals surface area contributed by atoms with Crippen molar-refractivity contribution in [3.05, 3.63) is 34.6 Å². The highest BCUT2D eigenvalue weighted by atomic mass is 32.2. The Kier molecular flexibility index (Phi) is 4.59. The maximum atomic E-state index is 11.9. The Morgan fingerprint density at radius 1 is 1.43 bits per heavy atom. The number of fused-ring (bicyclic) bond motifs is 1. The van der Waals surface area contributed by atoms with Crippen LogP contribution in [0.25, 0.3) is 10.9 Å². The second kappa shape index (κ2) is 6.40. The van der Waals surface area contributed by atoms with Crippen molar-refractivity contribution in [1.82, 2.24) is 15.3 Å². The number of nitrogens with zero attached hydrogens (tertiary/aromatic N) is 1. The SMILES string of the molecule is CC(Sc1nc2ccccc2c(=O)[nH]1)C(=O)NCC(=O)O. The van der Waals surface area contributed by atoms with Gasteiger partial charge in [-0.05, 0) is 19.1 Å². The first-order chi connectivity index (χ1) is 9.97. The van der Waals surface area contributed by atoms with Crippen molar-refractivity contribution in [3.63, 3.8) is 0 Å². The predicted octanol–water partition coefficient (Wildman–Crippen LogP) is 0.604. The van der Waals surface area contributed by atoms with E-state index in [1.54, 1.807) is 31.2 Å². The lowest BCUT2D eigenvalue weighted by Crippen LogP contribution is -2.35. The van der Waals surface area contributed by atoms with Crippen LogP contribution in [0.3, 0.4) is 0 Å². The molecule has 1 heterocycles. The number of aromatic amines is 1. The number of carbonyl (C=O) groups excluding carboxylic acids is 1. The Bertz CT molecular complexity index is 744. The number of nitrogens with one attached hydrogen (secondary N) is 2. The zero-order valence-electron chi connectivity index (χ0n) is 11.1. The second-order valence-electron chi connectivity index (χ2n) is 4.26. The number of thioether (sulfide) groups is 1. The van der Waals surface area contributed by atoms with Gasteiger partial charge >= 0.3 is 5.97 Å². The summed E-state index contributed by atoms with van der Waals surface area (Å²) >= 11 is 1.06. The van der Waals surface area contributed by atoms with Crippen molar-refractivity contribution >= 4 is 34.5 Å². The van der Waals surface area contributed by atoms with Crippen LogP contribution in [-0.4, -0.2) is 38.7 Å². The van der Waals surface area contributed by atoms with E-state index in [0.29, 0.717) is 16.1 Å². The molecule has 0 spiro atoms. The highest BCUT2D eigenvalue weighted by molar-refractivity contribution is 8.00. The van der Waals surface area contributed by atoms with Crippen molar-refractivity contribution in [3.8, 4) is 0 Å². The van der Waals surface area contributed by atoms with Gasteiger partial charge in [-0.15, -0.1) is 0 Å². The fraction of sp³-hybridized carbons (Fsp3) is 0.231. The number of para-hydroxylation sites is 1. The number of hydrogen-bond acceptors (Lipinski definition) is 5. The normalized spacial score (nSPS) is 12.0. The molecule has 2 rings (SSSR count). The molecule has 0 saturated heterocycles. The number of carbonyl (C=O) groups is 2. The van der Waals surface area contributed by atoms with Gasteiger partial charge in [-0.3, -0.25) is 14.4 Å². The molecule has 1 atom stereocenters. The zero-order chi connectivity index (χ0) is 15.4. The molecule has 1 aromatic carbocycles. The minimum atomic E-state index is -1.11. The van der Waals surface area contributed by atoms with E-state index in [1.807, 2.05) is 0 Å². The highest BCUT2D eigenvalue weighted by Gasteiger charge is 2.16. The molecular formula is C13H13N3O4S. The molecule has 110 valence electrons. The van der Waals surface area contributed by atoms with Gasteiger partial charge < -0.3 is 15.4 Å². The van der Waals surface area contributed by atoms with Crippen LogP contribution in [-0.2, 0) is 9.59 Å². The molecule has 2 aromatic rings. The third kappa shape index (κ3) is 3.82. The molecule has 0 aliphatic carbocycles. The van der Waals surface area contributed by atoms with Crippen molar-refractivity contribution in [1.29, 1.82) is 0 Å². The fourth-order valence-corrected chi connectivity index (χ4v) is 2.48. The minimum Gasteiger partial charge on any atom is -0.480 e. The molecule has 0 aliphatic rings. The van der Waals surface area contributed by atoms with E-state index >= 15 is 0 Å². The molecule has 1 amide bonds. The van der Waals surface area contributed by atoms with Crippen molar-refractivity contribution in [2.75, 3.05) is 6.54 Å². The summed E-state index contributed by atoms with van der Waals surface area (Å²) in [5.41, 5.74) is 0.267. The van der Waals surface area contributed by atoms with Crippen LogP contribution in [0.4, 0.5) is 0 Å². The summed E-state index contributed by atoms with van der Waals surface area (Å²) in [5.74, 6) is -1.55. The van der Waals surface area contributed by atoms with Crippen LogP contribution in [0.2, 0.25) is 0 Å². The predicted molar refractivity (Wildman–Crippen MR) is 78.3 cm³/mol. The summed E-state index contributed by atoms with van der Waals surface area (Å²) in [6.45, 7) is 1.17. The van der Waals surface area contributed by atoms with Crippen molar-refractivity contribution in [2.24, 2.45) is 0 Å². The van der Waals surface area contributed by atoms with Crippen LogP contribution in [0.5, 0.6) is 0 Å². The van der Waals surface area contributed by atoms with E-state index in [9.17, 15) is 14.4 Å². The van der Waals surface area contributed by atoms with E-state index in [1.165, 1.54) is 0 Å². The van der Waals surface area contributed by atoms with E-state index in [-0.39, 0.29) is 5.56 Å². The van der Waals surface area contributed by atoms with Crippen LogP contribution in [0, 0.1) is 0 Å². The van der Waals surface area contributed by atoms with Gasteiger partial charge in [0.15, 0.2) is 5.16 Å². The third-order valence-electron chi connectivity index (χ3n) is 2.66. The first kappa shape index (κ1) is 15.0. The lowest BCUT2D eigenvalue weighted by atomic mass is 10.2. The number of carboxylic acids is 1. The molecule has 21 heavy (non-hydrogen) atoms. The van der Waals surface area contributed by atoms with Gasteiger partial charge in [0.05, 0.1) is 16.2 Å². The molecule has 0 aliphatic heterocycles. The summed E-state index contributed by atoms with van der Waals surface area (Å²) in [7, 11) is 0. The molecule has 7 nitrogen and oxygen atoms in total. The van der Waals surface area contributed by atoms with E-state index < -0.39 is 23.7 Å². The Hall–Kier alpha value is -2.35. The van der Waals surface area contributed by atoms with Crippen molar-refractivity contribution < 1.29 is 14.7 Å². The van der Waals surface area contributed by atoms with Gasteiger partial charge in [0.1, 0.15) is 6.54 Å². The number of carboxylic acid groups (broad SMARTS) is 1. The molecule has 3 N–H and O–H groups in total. The molecule has 1 unspecified atom stereocenters. The smallest absolute Gasteiger partial charge is 0.322 e. The molecule has 0 radical (unpaired) electrons. The summed E-state index contributed by atoms with van der Waals surface area (Å²) in [5, 5.41) is 11.0. The van der Waals surface area contributed by atoms with Gasteiger partial charge in [-0.2, -0.15) is 0 Å². The van der Waals surface area contributed by atoms with Crippen LogP contribution >= 0.6 is 11.8 Å².